The predicted molar refractivity (Wildman–Crippen MR) is 88.0 cm³/mol. The van der Waals surface area contributed by atoms with Crippen molar-refractivity contribution >= 4 is 5.71 Å². The predicted octanol–water partition coefficient (Wildman–Crippen LogP) is 3.56. The normalized spacial score (nSPS) is 36.1. The van der Waals surface area contributed by atoms with Gasteiger partial charge in [-0.05, 0) is 55.7 Å². The smallest absolute Gasteiger partial charge is 0.0629 e. The van der Waals surface area contributed by atoms with Gasteiger partial charge in [0.1, 0.15) is 0 Å². The van der Waals surface area contributed by atoms with Crippen molar-refractivity contribution in [2.24, 2.45) is 11.1 Å². The summed E-state index contributed by atoms with van der Waals surface area (Å²) in [5, 5.41) is 11.7. The van der Waals surface area contributed by atoms with Gasteiger partial charge < -0.3 is 16.5 Å². The van der Waals surface area contributed by atoms with E-state index in [1.54, 1.807) is 0 Å². The van der Waals surface area contributed by atoms with Gasteiger partial charge in [-0.15, -0.1) is 0 Å². The van der Waals surface area contributed by atoms with Crippen molar-refractivity contribution in [3.05, 3.63) is 47.3 Å². The maximum absolute atomic E-state index is 8.13. The number of rotatable bonds is 4. The molecular formula is C18H25N3. The second kappa shape index (κ2) is 4.62. The molecule has 4 aliphatic rings. The van der Waals surface area contributed by atoms with Gasteiger partial charge in [-0.25, -0.2) is 0 Å². The molecule has 3 nitrogen and oxygen atoms in total. The Morgan fingerprint density at radius 1 is 1.43 bits per heavy atom. The summed E-state index contributed by atoms with van der Waals surface area (Å²) in [5.74, 6) is 0. The van der Waals surface area contributed by atoms with E-state index in [9.17, 15) is 0 Å². The van der Waals surface area contributed by atoms with Crippen LogP contribution in [0.4, 0.5) is 0 Å². The van der Waals surface area contributed by atoms with Gasteiger partial charge in [0.15, 0.2) is 0 Å². The molecule has 4 N–H and O–H groups in total. The van der Waals surface area contributed by atoms with Crippen molar-refractivity contribution in [2.45, 2.75) is 51.5 Å². The molecule has 2 bridgehead atoms. The van der Waals surface area contributed by atoms with E-state index in [4.69, 9.17) is 11.1 Å². The fourth-order valence-corrected chi connectivity index (χ4v) is 4.26. The van der Waals surface area contributed by atoms with Crippen molar-refractivity contribution in [1.29, 1.82) is 5.41 Å². The molecule has 0 aromatic heterocycles. The maximum Gasteiger partial charge on any atom is 0.0629 e. The summed E-state index contributed by atoms with van der Waals surface area (Å²) >= 11 is 0. The molecule has 0 saturated heterocycles. The topological polar surface area (TPSA) is 61.9 Å². The Labute approximate surface area is 127 Å². The molecule has 0 atom stereocenters. The van der Waals surface area contributed by atoms with Gasteiger partial charge in [0.05, 0.1) is 5.71 Å². The van der Waals surface area contributed by atoms with E-state index in [1.807, 2.05) is 25.3 Å². The Bertz CT molecular complexity index is 598. The van der Waals surface area contributed by atoms with Crippen LogP contribution in [0.2, 0.25) is 0 Å². The highest BCUT2D eigenvalue weighted by molar-refractivity contribution is 6.10. The van der Waals surface area contributed by atoms with Crippen LogP contribution in [0, 0.1) is 10.8 Å². The maximum atomic E-state index is 8.13. The molecule has 0 unspecified atom stereocenters. The molecule has 0 spiro atoms. The summed E-state index contributed by atoms with van der Waals surface area (Å²) in [6.45, 7) is 8.10. The Kier molecular flexibility index (Phi) is 3.12. The number of hydrogen-bond acceptors (Lipinski definition) is 3. The first-order valence-electron chi connectivity index (χ1n) is 7.81. The van der Waals surface area contributed by atoms with Crippen LogP contribution in [0.15, 0.2) is 47.3 Å². The summed E-state index contributed by atoms with van der Waals surface area (Å²) in [4.78, 5) is 0. The molecule has 4 aliphatic carbocycles. The third kappa shape index (κ3) is 2.25. The van der Waals surface area contributed by atoms with Gasteiger partial charge in [-0.2, -0.15) is 0 Å². The van der Waals surface area contributed by atoms with Crippen molar-refractivity contribution < 1.29 is 0 Å². The van der Waals surface area contributed by atoms with E-state index in [0.29, 0.717) is 16.8 Å². The van der Waals surface area contributed by atoms with Crippen LogP contribution in [0.3, 0.4) is 0 Å². The molecular weight excluding hydrogens is 258 g/mol. The van der Waals surface area contributed by atoms with Crippen molar-refractivity contribution in [1.82, 2.24) is 5.32 Å². The summed E-state index contributed by atoms with van der Waals surface area (Å²) in [5.41, 5.74) is 10.7. The largest absolute Gasteiger partial charge is 0.399 e. The summed E-state index contributed by atoms with van der Waals surface area (Å²) in [6, 6.07) is 0. The lowest BCUT2D eigenvalue weighted by molar-refractivity contribution is 0.0909. The van der Waals surface area contributed by atoms with Crippen LogP contribution < -0.4 is 11.1 Å². The molecule has 0 radical (unpaired) electrons. The third-order valence-electron chi connectivity index (χ3n) is 5.59. The van der Waals surface area contributed by atoms with Crippen LogP contribution in [-0.2, 0) is 0 Å². The van der Waals surface area contributed by atoms with Crippen molar-refractivity contribution in [3.8, 4) is 0 Å². The average molecular weight is 283 g/mol. The number of allylic oxidation sites excluding steroid dienone is 4. The first kappa shape index (κ1) is 14.2. The SMILES string of the molecule is C=C(N)C1=C/C(=C/NC23CCC(CC)(C2)C3)C(=N)C=C1C. The second-order valence-electron chi connectivity index (χ2n) is 7.06. The lowest BCUT2D eigenvalue weighted by Gasteiger charge is -2.47. The first-order valence-corrected chi connectivity index (χ1v) is 7.81. The quantitative estimate of drug-likeness (QED) is 0.738. The summed E-state index contributed by atoms with van der Waals surface area (Å²) < 4.78 is 0. The Morgan fingerprint density at radius 3 is 2.71 bits per heavy atom. The number of hydrogen-bond donors (Lipinski definition) is 3. The highest BCUT2D eigenvalue weighted by Crippen LogP contribution is 2.63. The fourth-order valence-electron chi connectivity index (χ4n) is 4.26. The van der Waals surface area contributed by atoms with Crippen LogP contribution in [0.5, 0.6) is 0 Å². The molecule has 0 amide bonds. The zero-order chi connectivity index (χ0) is 15.3. The minimum atomic E-state index is 0.285. The molecule has 4 rings (SSSR count). The Morgan fingerprint density at radius 2 is 2.14 bits per heavy atom. The van der Waals surface area contributed by atoms with E-state index >= 15 is 0 Å². The van der Waals surface area contributed by atoms with E-state index in [-0.39, 0.29) is 5.54 Å². The molecule has 21 heavy (non-hydrogen) atoms. The van der Waals surface area contributed by atoms with Gasteiger partial charge in [0, 0.05) is 28.6 Å². The zero-order valence-corrected chi connectivity index (χ0v) is 13.1. The monoisotopic (exact) mass is 283 g/mol. The molecule has 3 saturated carbocycles. The molecule has 0 heterocycles. The molecule has 0 aromatic rings. The lowest BCUT2D eigenvalue weighted by Crippen LogP contribution is -2.51. The minimum absolute atomic E-state index is 0.285. The lowest BCUT2D eigenvalue weighted by atomic mass is 9.64. The number of nitrogens with two attached hydrogens (primary N) is 1. The van der Waals surface area contributed by atoms with E-state index in [2.05, 4.69) is 18.8 Å². The van der Waals surface area contributed by atoms with E-state index < -0.39 is 0 Å². The highest BCUT2D eigenvalue weighted by Gasteiger charge is 2.59. The average Bonchev–Trinajstić information content (AvgIpc) is 2.93. The van der Waals surface area contributed by atoms with Crippen molar-refractivity contribution in [2.75, 3.05) is 0 Å². The standard InChI is InChI=1S/C18H25N3/c1-4-17-5-6-18(10-17,11-17)21-9-14-8-15(13(3)19)12(2)7-16(14)20/h7-9,20-21H,3-6,10-11,19H2,1-2H3/b14-9-,20-16?. The molecule has 112 valence electrons. The van der Waals surface area contributed by atoms with Gasteiger partial charge in [-0.1, -0.05) is 19.9 Å². The van der Waals surface area contributed by atoms with Gasteiger partial charge in [0.2, 0.25) is 0 Å². The van der Waals surface area contributed by atoms with Crippen LogP contribution in [0.25, 0.3) is 0 Å². The van der Waals surface area contributed by atoms with Crippen LogP contribution in [-0.4, -0.2) is 11.3 Å². The minimum Gasteiger partial charge on any atom is -0.399 e. The first-order chi connectivity index (χ1) is 9.89. The number of fused-ring (bicyclic) bond motifs is 1. The molecule has 0 aliphatic heterocycles. The van der Waals surface area contributed by atoms with Gasteiger partial charge in [-0.3, -0.25) is 0 Å². The van der Waals surface area contributed by atoms with E-state index in [0.717, 1.165) is 16.7 Å². The number of nitrogens with one attached hydrogen (secondary N) is 2. The Hall–Kier alpha value is -1.77. The van der Waals surface area contributed by atoms with Crippen molar-refractivity contribution in [3.63, 3.8) is 0 Å². The van der Waals surface area contributed by atoms with Gasteiger partial charge >= 0.3 is 0 Å². The second-order valence-corrected chi connectivity index (χ2v) is 7.06. The fraction of sp³-hybridized carbons (Fsp3) is 0.500. The highest BCUT2D eigenvalue weighted by atomic mass is 15.0. The molecule has 3 fully saturated rings. The van der Waals surface area contributed by atoms with Crippen LogP contribution >= 0.6 is 0 Å². The summed E-state index contributed by atoms with van der Waals surface area (Å²) in [6.07, 6.45) is 12.3. The molecule has 3 heteroatoms. The Balaban J connectivity index is 1.76. The van der Waals surface area contributed by atoms with Gasteiger partial charge in [0.25, 0.3) is 0 Å². The van der Waals surface area contributed by atoms with Crippen LogP contribution in [0.1, 0.15) is 46.0 Å². The molecule has 0 aromatic carbocycles. The van der Waals surface area contributed by atoms with E-state index in [1.165, 1.54) is 32.1 Å². The summed E-state index contributed by atoms with van der Waals surface area (Å²) in [7, 11) is 0. The third-order valence-corrected chi connectivity index (χ3v) is 5.59. The zero-order valence-electron chi connectivity index (χ0n) is 13.1.